The third-order valence-electron chi connectivity index (χ3n) is 7.23. The summed E-state index contributed by atoms with van der Waals surface area (Å²) >= 11 is 0. The van der Waals surface area contributed by atoms with Crippen LogP contribution in [0, 0.1) is 23.7 Å². The fourth-order valence-corrected chi connectivity index (χ4v) is 5.46. The molecule has 3 unspecified atom stereocenters. The summed E-state index contributed by atoms with van der Waals surface area (Å²) in [6, 6.07) is -0.432. The van der Waals surface area contributed by atoms with Crippen molar-refractivity contribution in [1.82, 2.24) is 20.4 Å². The maximum absolute atomic E-state index is 13.3. The van der Waals surface area contributed by atoms with E-state index < -0.39 is 11.6 Å². The smallest absolute Gasteiger partial charge is 0.312 e. The Labute approximate surface area is 198 Å². The highest BCUT2D eigenvalue weighted by molar-refractivity contribution is 5.96. The molecular formula is C25H43N5O3. The van der Waals surface area contributed by atoms with Gasteiger partial charge in [-0.05, 0) is 70.1 Å². The summed E-state index contributed by atoms with van der Waals surface area (Å²) < 4.78 is 7.77. The summed E-state index contributed by atoms with van der Waals surface area (Å²) in [4.78, 5) is 24.5. The van der Waals surface area contributed by atoms with Gasteiger partial charge in [-0.2, -0.15) is 5.10 Å². The standard InChI is InChI=1S/C25H43N5O3/c1-16(2)15-33-23-21(14-27-30(23)10-9-25(4,5)29-24(26)32)22(31)28-17(3)20-12-18-7-6-8-19(11-18)13-20/h14,16-20H,6-13,15H2,1-5H3,(H,28,31)(H3,26,29,32). The molecule has 0 spiro atoms. The van der Waals surface area contributed by atoms with Gasteiger partial charge in [-0.25, -0.2) is 9.48 Å². The van der Waals surface area contributed by atoms with Gasteiger partial charge in [-0.1, -0.05) is 33.1 Å². The van der Waals surface area contributed by atoms with Gasteiger partial charge in [0.2, 0.25) is 5.88 Å². The van der Waals surface area contributed by atoms with Crippen molar-refractivity contribution in [2.45, 2.75) is 97.7 Å². The fourth-order valence-electron chi connectivity index (χ4n) is 5.46. The SMILES string of the molecule is CC(C)COc1c(C(=O)NC(C)C2CC3CCCC(C3)C2)cnn1CCC(C)(C)NC(N)=O. The first-order chi connectivity index (χ1) is 15.5. The van der Waals surface area contributed by atoms with Gasteiger partial charge in [-0.3, -0.25) is 4.79 Å². The van der Waals surface area contributed by atoms with E-state index >= 15 is 0 Å². The molecule has 1 aromatic rings. The quantitative estimate of drug-likeness (QED) is 0.487. The molecule has 3 amide bonds. The lowest BCUT2D eigenvalue weighted by atomic mass is 9.66. The number of fused-ring (bicyclic) bond motifs is 2. The van der Waals surface area contributed by atoms with Crippen LogP contribution in [-0.4, -0.2) is 39.9 Å². The lowest BCUT2D eigenvalue weighted by molar-refractivity contribution is 0.0849. The second-order valence-corrected chi connectivity index (χ2v) is 11.3. The van der Waals surface area contributed by atoms with Gasteiger partial charge < -0.3 is 21.1 Å². The number of ether oxygens (including phenoxy) is 1. The van der Waals surface area contributed by atoms with E-state index in [-0.39, 0.29) is 11.9 Å². The number of aryl methyl sites for hydroxylation is 1. The number of aromatic nitrogens is 2. The van der Waals surface area contributed by atoms with E-state index in [1.807, 2.05) is 13.8 Å². The van der Waals surface area contributed by atoms with Crippen LogP contribution in [0.15, 0.2) is 6.20 Å². The van der Waals surface area contributed by atoms with Crippen LogP contribution in [-0.2, 0) is 6.54 Å². The highest BCUT2D eigenvalue weighted by atomic mass is 16.5. The molecule has 2 aliphatic carbocycles. The Morgan fingerprint density at radius 2 is 1.88 bits per heavy atom. The first-order valence-electron chi connectivity index (χ1n) is 12.6. The third kappa shape index (κ3) is 7.11. The number of nitrogens with zero attached hydrogens (tertiary/aromatic N) is 2. The normalized spacial score (nSPS) is 23.8. The zero-order valence-electron chi connectivity index (χ0n) is 21.0. The number of carbonyl (C=O) groups excluding carboxylic acids is 2. The monoisotopic (exact) mass is 461 g/mol. The van der Waals surface area contributed by atoms with Crippen LogP contribution < -0.4 is 21.1 Å². The van der Waals surface area contributed by atoms with Gasteiger partial charge in [0.15, 0.2) is 0 Å². The van der Waals surface area contributed by atoms with Gasteiger partial charge in [-0.15, -0.1) is 0 Å². The van der Waals surface area contributed by atoms with Gasteiger partial charge in [0.05, 0.1) is 12.8 Å². The molecule has 2 fully saturated rings. The molecule has 0 aromatic carbocycles. The lowest BCUT2D eigenvalue weighted by Gasteiger charge is -2.41. The molecule has 3 atom stereocenters. The molecule has 0 aliphatic heterocycles. The fraction of sp³-hybridized carbons (Fsp3) is 0.800. The highest BCUT2D eigenvalue weighted by Gasteiger charge is 2.35. The van der Waals surface area contributed by atoms with Crippen LogP contribution in [0.25, 0.3) is 0 Å². The molecular weight excluding hydrogens is 418 g/mol. The average Bonchev–Trinajstić information content (AvgIpc) is 3.12. The number of urea groups is 1. The first-order valence-corrected chi connectivity index (χ1v) is 12.6. The summed E-state index contributed by atoms with van der Waals surface area (Å²) in [6.45, 7) is 11.1. The van der Waals surface area contributed by atoms with Crippen molar-refractivity contribution in [1.29, 1.82) is 0 Å². The third-order valence-corrected chi connectivity index (χ3v) is 7.23. The van der Waals surface area contributed by atoms with Crippen molar-refractivity contribution in [2.75, 3.05) is 6.61 Å². The van der Waals surface area contributed by atoms with Gasteiger partial charge in [0.25, 0.3) is 5.91 Å². The van der Waals surface area contributed by atoms with Crippen LogP contribution in [0.1, 0.15) is 89.9 Å². The van der Waals surface area contributed by atoms with E-state index in [1.54, 1.807) is 10.9 Å². The second kappa shape index (κ2) is 10.8. The first kappa shape index (κ1) is 25.4. The van der Waals surface area contributed by atoms with E-state index in [2.05, 4.69) is 36.5 Å². The maximum Gasteiger partial charge on any atom is 0.312 e. The molecule has 2 saturated carbocycles. The van der Waals surface area contributed by atoms with Crippen molar-refractivity contribution in [3.63, 3.8) is 0 Å². The van der Waals surface area contributed by atoms with E-state index in [0.29, 0.717) is 42.9 Å². The maximum atomic E-state index is 13.3. The highest BCUT2D eigenvalue weighted by Crippen LogP contribution is 2.43. The van der Waals surface area contributed by atoms with Crippen LogP contribution in [0.3, 0.4) is 0 Å². The van der Waals surface area contributed by atoms with E-state index in [0.717, 1.165) is 11.8 Å². The Hall–Kier alpha value is -2.25. The minimum atomic E-state index is -0.558. The van der Waals surface area contributed by atoms with Crippen LogP contribution in [0.5, 0.6) is 5.88 Å². The second-order valence-electron chi connectivity index (χ2n) is 11.3. The summed E-state index contributed by atoms with van der Waals surface area (Å²) in [7, 11) is 0. The van der Waals surface area contributed by atoms with Crippen molar-refractivity contribution in [3.05, 3.63) is 11.8 Å². The van der Waals surface area contributed by atoms with Crippen LogP contribution >= 0.6 is 0 Å². The summed E-state index contributed by atoms with van der Waals surface area (Å²) in [5.41, 5.74) is 5.26. The number of nitrogens with two attached hydrogens (primary N) is 1. The zero-order valence-corrected chi connectivity index (χ0v) is 21.0. The summed E-state index contributed by atoms with van der Waals surface area (Å²) in [6.07, 6.45) is 10.1. The predicted octanol–water partition coefficient (Wildman–Crippen LogP) is 4.09. The van der Waals surface area contributed by atoms with E-state index in [1.165, 1.54) is 38.5 Å². The van der Waals surface area contributed by atoms with Crippen molar-refractivity contribution in [2.24, 2.45) is 29.4 Å². The molecule has 1 aromatic heterocycles. The molecule has 2 bridgehead atoms. The molecule has 186 valence electrons. The van der Waals surface area contributed by atoms with Gasteiger partial charge in [0, 0.05) is 18.1 Å². The van der Waals surface area contributed by atoms with Crippen molar-refractivity contribution in [3.8, 4) is 5.88 Å². The molecule has 2 aliphatic rings. The van der Waals surface area contributed by atoms with Crippen molar-refractivity contribution >= 4 is 11.9 Å². The molecule has 4 N–H and O–H groups in total. The summed E-state index contributed by atoms with van der Waals surface area (Å²) in [5.74, 6) is 2.87. The van der Waals surface area contributed by atoms with E-state index in [4.69, 9.17) is 10.5 Å². The largest absolute Gasteiger partial charge is 0.477 e. The minimum absolute atomic E-state index is 0.126. The van der Waals surface area contributed by atoms with Gasteiger partial charge >= 0.3 is 6.03 Å². The summed E-state index contributed by atoms with van der Waals surface area (Å²) in [5, 5.41) is 10.4. The predicted molar refractivity (Wildman–Crippen MR) is 129 cm³/mol. The number of amides is 3. The molecule has 8 nitrogen and oxygen atoms in total. The molecule has 3 rings (SSSR count). The Morgan fingerprint density at radius 3 is 2.48 bits per heavy atom. The number of nitrogens with one attached hydrogen (secondary N) is 2. The lowest BCUT2D eigenvalue weighted by Crippen LogP contribution is -2.46. The Balaban J connectivity index is 1.68. The Morgan fingerprint density at radius 1 is 1.21 bits per heavy atom. The minimum Gasteiger partial charge on any atom is -0.477 e. The molecule has 1 heterocycles. The van der Waals surface area contributed by atoms with Crippen LogP contribution in [0.4, 0.5) is 4.79 Å². The molecule has 0 saturated heterocycles. The molecule has 0 radical (unpaired) electrons. The number of rotatable bonds is 10. The van der Waals surface area contributed by atoms with Crippen LogP contribution in [0.2, 0.25) is 0 Å². The van der Waals surface area contributed by atoms with Crippen molar-refractivity contribution < 1.29 is 14.3 Å². The average molecular weight is 462 g/mol. The zero-order chi connectivity index (χ0) is 24.2. The number of primary amides is 1. The van der Waals surface area contributed by atoms with Gasteiger partial charge in [0.1, 0.15) is 5.56 Å². The molecule has 8 heteroatoms. The van der Waals surface area contributed by atoms with E-state index in [9.17, 15) is 9.59 Å². The Kier molecular flexibility index (Phi) is 8.29. The number of hydrogen-bond donors (Lipinski definition) is 3. The Bertz CT molecular complexity index is 807. The number of hydrogen-bond acceptors (Lipinski definition) is 4. The number of carbonyl (C=O) groups is 2. The topological polar surface area (TPSA) is 111 Å². The molecule has 33 heavy (non-hydrogen) atoms.